The van der Waals surface area contributed by atoms with Crippen LogP contribution in [-0.2, 0) is 4.79 Å². The molecule has 0 bridgehead atoms. The Morgan fingerprint density at radius 3 is 2.62 bits per heavy atom. The number of rotatable bonds is 5. The molecule has 0 spiro atoms. The van der Waals surface area contributed by atoms with Crippen LogP contribution in [0.4, 0.5) is 10.5 Å². The Morgan fingerprint density at radius 2 is 2.00 bits per heavy atom. The number of anilines is 1. The first-order chi connectivity index (χ1) is 9.97. The summed E-state index contributed by atoms with van der Waals surface area (Å²) in [5.74, 6) is -0.255. The molecule has 1 fully saturated rings. The van der Waals surface area contributed by atoms with E-state index in [0.717, 1.165) is 11.3 Å². The Balaban J connectivity index is 1.92. The number of hydrogen-bond donors (Lipinski definition) is 2. The summed E-state index contributed by atoms with van der Waals surface area (Å²) < 4.78 is 0. The molecule has 0 aromatic heterocycles. The zero-order valence-electron chi connectivity index (χ0n) is 12.4. The normalized spacial score (nSPS) is 16.2. The third-order valence-electron chi connectivity index (χ3n) is 3.37. The van der Waals surface area contributed by atoms with Crippen LogP contribution in [-0.4, -0.2) is 54.2 Å². The van der Waals surface area contributed by atoms with Crippen molar-refractivity contribution in [3.05, 3.63) is 29.8 Å². The van der Waals surface area contributed by atoms with Crippen LogP contribution in [0.25, 0.3) is 0 Å². The summed E-state index contributed by atoms with van der Waals surface area (Å²) in [4.78, 5) is 27.2. The number of urea groups is 1. The van der Waals surface area contributed by atoms with Gasteiger partial charge in [0, 0.05) is 25.3 Å². The molecule has 1 aromatic carbocycles. The van der Waals surface area contributed by atoms with Crippen LogP contribution in [0.15, 0.2) is 24.3 Å². The second-order valence-electron chi connectivity index (χ2n) is 5.34. The van der Waals surface area contributed by atoms with Crippen molar-refractivity contribution in [3.8, 4) is 0 Å². The zero-order chi connectivity index (χ0) is 15.4. The number of aliphatic hydroxyl groups is 1. The van der Waals surface area contributed by atoms with Crippen molar-refractivity contribution in [3.63, 3.8) is 0 Å². The van der Waals surface area contributed by atoms with Gasteiger partial charge in [-0.15, -0.1) is 0 Å². The van der Waals surface area contributed by atoms with Gasteiger partial charge in [0.1, 0.15) is 6.54 Å². The molecule has 6 heteroatoms. The fourth-order valence-electron chi connectivity index (χ4n) is 2.18. The van der Waals surface area contributed by atoms with Crippen LogP contribution in [0.5, 0.6) is 0 Å². The van der Waals surface area contributed by atoms with E-state index < -0.39 is 6.10 Å². The third-order valence-corrected chi connectivity index (χ3v) is 3.37. The number of amides is 3. The zero-order valence-corrected chi connectivity index (χ0v) is 12.4. The van der Waals surface area contributed by atoms with Crippen molar-refractivity contribution < 1.29 is 14.7 Å². The average Bonchev–Trinajstić information content (AvgIpc) is 2.79. The van der Waals surface area contributed by atoms with E-state index in [2.05, 4.69) is 5.32 Å². The standard InChI is InChI=1S/C15H21N3O3/c1-11-3-5-13(6-4-11)18-8-7-17(15(18)21)10-14(20)16-9-12(2)19/h3-6,12,19H,7-10H2,1-2H3,(H,16,20)/t12-/m1/s1. The predicted molar refractivity (Wildman–Crippen MR) is 80.2 cm³/mol. The van der Waals surface area contributed by atoms with E-state index in [-0.39, 0.29) is 25.0 Å². The Hall–Kier alpha value is -2.08. The number of hydrogen-bond acceptors (Lipinski definition) is 3. The quantitative estimate of drug-likeness (QED) is 0.840. The minimum absolute atomic E-state index is 0.0217. The SMILES string of the molecule is Cc1ccc(N2CCN(CC(=O)NC[C@@H](C)O)C2=O)cc1. The monoisotopic (exact) mass is 291 g/mol. The Labute approximate surface area is 124 Å². The molecule has 1 atom stereocenters. The van der Waals surface area contributed by atoms with Gasteiger partial charge in [-0.25, -0.2) is 4.79 Å². The molecule has 114 valence electrons. The van der Waals surface area contributed by atoms with E-state index in [4.69, 9.17) is 5.11 Å². The molecule has 0 unspecified atom stereocenters. The Bertz CT molecular complexity index is 513. The van der Waals surface area contributed by atoms with Gasteiger partial charge >= 0.3 is 6.03 Å². The third kappa shape index (κ3) is 3.95. The minimum atomic E-state index is -0.590. The molecule has 1 aliphatic heterocycles. The van der Waals surface area contributed by atoms with Crippen LogP contribution in [0.2, 0.25) is 0 Å². The second-order valence-corrected chi connectivity index (χ2v) is 5.34. The molecule has 2 N–H and O–H groups in total. The lowest BCUT2D eigenvalue weighted by atomic mass is 10.2. The molecule has 1 aliphatic rings. The summed E-state index contributed by atoms with van der Waals surface area (Å²) in [6.07, 6.45) is -0.590. The lowest BCUT2D eigenvalue weighted by Crippen LogP contribution is -2.41. The molecular weight excluding hydrogens is 270 g/mol. The van der Waals surface area contributed by atoms with Gasteiger partial charge in [0.15, 0.2) is 0 Å². The van der Waals surface area contributed by atoms with Crippen LogP contribution < -0.4 is 10.2 Å². The summed E-state index contributed by atoms with van der Waals surface area (Å²) in [6, 6.07) is 7.57. The first-order valence-electron chi connectivity index (χ1n) is 7.05. The van der Waals surface area contributed by atoms with E-state index >= 15 is 0 Å². The summed E-state index contributed by atoms with van der Waals surface area (Å²) in [7, 11) is 0. The van der Waals surface area contributed by atoms with E-state index in [1.54, 1.807) is 11.8 Å². The van der Waals surface area contributed by atoms with Crippen LogP contribution in [0, 0.1) is 6.92 Å². The number of nitrogens with one attached hydrogen (secondary N) is 1. The molecule has 21 heavy (non-hydrogen) atoms. The van der Waals surface area contributed by atoms with Gasteiger partial charge in [-0.3, -0.25) is 9.69 Å². The molecule has 0 aliphatic carbocycles. The number of benzene rings is 1. The molecule has 0 radical (unpaired) electrons. The van der Waals surface area contributed by atoms with Gasteiger partial charge in [0.25, 0.3) is 0 Å². The van der Waals surface area contributed by atoms with E-state index in [9.17, 15) is 9.59 Å². The largest absolute Gasteiger partial charge is 0.392 e. The van der Waals surface area contributed by atoms with E-state index in [1.807, 2.05) is 31.2 Å². The van der Waals surface area contributed by atoms with Crippen LogP contribution >= 0.6 is 0 Å². The van der Waals surface area contributed by atoms with Gasteiger partial charge in [0.05, 0.1) is 6.10 Å². The first-order valence-corrected chi connectivity index (χ1v) is 7.05. The van der Waals surface area contributed by atoms with Gasteiger partial charge in [-0.1, -0.05) is 17.7 Å². The molecule has 0 saturated carbocycles. The maximum atomic E-state index is 12.3. The number of aliphatic hydroxyl groups excluding tert-OH is 1. The fraction of sp³-hybridized carbons (Fsp3) is 0.467. The van der Waals surface area contributed by atoms with Gasteiger partial charge in [0.2, 0.25) is 5.91 Å². The summed E-state index contributed by atoms with van der Waals surface area (Å²) in [6.45, 7) is 4.91. The van der Waals surface area contributed by atoms with Crippen LogP contribution in [0.1, 0.15) is 12.5 Å². The van der Waals surface area contributed by atoms with Crippen molar-refractivity contribution in [2.75, 3.05) is 31.1 Å². The van der Waals surface area contributed by atoms with Crippen molar-refractivity contribution in [1.29, 1.82) is 0 Å². The van der Waals surface area contributed by atoms with Gasteiger partial charge in [-0.2, -0.15) is 0 Å². The fourth-order valence-corrected chi connectivity index (χ4v) is 2.18. The Morgan fingerprint density at radius 1 is 1.33 bits per heavy atom. The minimum Gasteiger partial charge on any atom is -0.392 e. The summed E-state index contributed by atoms with van der Waals surface area (Å²) in [5, 5.41) is 11.7. The lowest BCUT2D eigenvalue weighted by Gasteiger charge is -2.18. The molecule has 1 saturated heterocycles. The summed E-state index contributed by atoms with van der Waals surface area (Å²) in [5.41, 5.74) is 1.98. The number of carbonyl (C=O) groups excluding carboxylic acids is 2. The number of nitrogens with zero attached hydrogens (tertiary/aromatic N) is 2. The summed E-state index contributed by atoms with van der Waals surface area (Å²) >= 11 is 0. The smallest absolute Gasteiger partial charge is 0.325 e. The van der Waals surface area contributed by atoms with Crippen molar-refractivity contribution >= 4 is 17.6 Å². The van der Waals surface area contributed by atoms with Crippen molar-refractivity contribution in [2.45, 2.75) is 20.0 Å². The molecular formula is C15H21N3O3. The molecule has 3 amide bonds. The Kier molecular flexibility index (Phi) is 4.80. The lowest BCUT2D eigenvalue weighted by molar-refractivity contribution is -0.121. The van der Waals surface area contributed by atoms with Crippen molar-refractivity contribution in [2.24, 2.45) is 0 Å². The molecule has 2 rings (SSSR count). The highest BCUT2D eigenvalue weighted by Crippen LogP contribution is 2.20. The molecule has 1 heterocycles. The van der Waals surface area contributed by atoms with Crippen molar-refractivity contribution in [1.82, 2.24) is 10.2 Å². The van der Waals surface area contributed by atoms with Crippen LogP contribution in [0.3, 0.4) is 0 Å². The topological polar surface area (TPSA) is 72.9 Å². The number of carbonyl (C=O) groups is 2. The predicted octanol–water partition coefficient (Wildman–Crippen LogP) is 0.734. The number of aryl methyl sites for hydroxylation is 1. The van der Waals surface area contributed by atoms with Gasteiger partial charge < -0.3 is 15.3 Å². The molecule has 1 aromatic rings. The first kappa shape index (κ1) is 15.3. The average molecular weight is 291 g/mol. The van der Waals surface area contributed by atoms with Gasteiger partial charge in [-0.05, 0) is 26.0 Å². The highest BCUT2D eigenvalue weighted by atomic mass is 16.3. The maximum Gasteiger partial charge on any atom is 0.325 e. The highest BCUT2D eigenvalue weighted by molar-refractivity contribution is 5.96. The highest BCUT2D eigenvalue weighted by Gasteiger charge is 2.30. The second kappa shape index (κ2) is 6.58. The van der Waals surface area contributed by atoms with E-state index in [1.165, 1.54) is 4.90 Å². The van der Waals surface area contributed by atoms with E-state index in [0.29, 0.717) is 13.1 Å². The maximum absolute atomic E-state index is 12.3. The molecule has 6 nitrogen and oxygen atoms in total.